The Morgan fingerprint density at radius 3 is 2.55 bits per heavy atom. The number of amides is 1. The molecule has 1 amide bonds. The highest BCUT2D eigenvalue weighted by Gasteiger charge is 2.15. The molecule has 2 heterocycles. The number of ether oxygens (including phenoxy) is 2. The van der Waals surface area contributed by atoms with Gasteiger partial charge in [0.05, 0.1) is 0 Å². The quantitative estimate of drug-likeness (QED) is 0.569. The maximum Gasteiger partial charge on any atom is 0.251 e. The Hall–Kier alpha value is -3.80. The number of hydrogen-bond acceptors (Lipinski definition) is 5. The van der Waals surface area contributed by atoms with Crippen molar-refractivity contribution >= 4 is 17.0 Å². The standard InChI is InChI=1S/C23H18N2O4/c26-22(17-9-10-20-21(13-17)28-12-11-27-20)24-14-15-5-7-16(8-6-15)23-25-18-3-1-2-4-19(18)29-23/h1-10,13H,11-12,14H2,(H,24,26). The number of aromatic nitrogens is 1. The minimum Gasteiger partial charge on any atom is -0.486 e. The van der Waals surface area contributed by atoms with Gasteiger partial charge in [-0.2, -0.15) is 0 Å². The zero-order valence-electron chi connectivity index (χ0n) is 15.6. The summed E-state index contributed by atoms with van der Waals surface area (Å²) in [5.74, 6) is 1.69. The molecule has 0 unspecified atom stereocenters. The third kappa shape index (κ3) is 3.52. The van der Waals surface area contributed by atoms with Gasteiger partial charge in [-0.1, -0.05) is 24.3 Å². The largest absolute Gasteiger partial charge is 0.486 e. The van der Waals surface area contributed by atoms with Crippen molar-refractivity contribution in [2.24, 2.45) is 0 Å². The van der Waals surface area contributed by atoms with Gasteiger partial charge < -0.3 is 19.2 Å². The summed E-state index contributed by atoms with van der Waals surface area (Å²) in [4.78, 5) is 17.0. The lowest BCUT2D eigenvalue weighted by atomic mass is 10.1. The molecule has 1 aliphatic heterocycles. The molecule has 1 aromatic heterocycles. The third-order valence-corrected chi connectivity index (χ3v) is 4.75. The first kappa shape index (κ1) is 17.3. The lowest BCUT2D eigenvalue weighted by Gasteiger charge is -2.18. The van der Waals surface area contributed by atoms with Gasteiger partial charge >= 0.3 is 0 Å². The second-order valence-electron chi connectivity index (χ2n) is 6.72. The van der Waals surface area contributed by atoms with Crippen LogP contribution in [0.4, 0.5) is 0 Å². The Morgan fingerprint density at radius 1 is 0.931 bits per heavy atom. The number of oxazole rings is 1. The average molecular weight is 386 g/mol. The topological polar surface area (TPSA) is 73.6 Å². The van der Waals surface area contributed by atoms with Crippen molar-refractivity contribution in [3.8, 4) is 23.0 Å². The first-order valence-corrected chi connectivity index (χ1v) is 9.39. The van der Waals surface area contributed by atoms with E-state index in [-0.39, 0.29) is 5.91 Å². The third-order valence-electron chi connectivity index (χ3n) is 4.75. The van der Waals surface area contributed by atoms with Crippen LogP contribution in [-0.4, -0.2) is 24.1 Å². The van der Waals surface area contributed by atoms with Crippen LogP contribution in [0.15, 0.2) is 71.1 Å². The summed E-state index contributed by atoms with van der Waals surface area (Å²) in [6.45, 7) is 1.43. The number of hydrogen-bond donors (Lipinski definition) is 1. The molecule has 0 fully saturated rings. The summed E-state index contributed by atoms with van der Waals surface area (Å²) in [5.41, 5.74) is 4.01. The zero-order chi connectivity index (χ0) is 19.6. The normalized spacial score (nSPS) is 12.7. The molecule has 6 nitrogen and oxygen atoms in total. The van der Waals surface area contributed by atoms with Gasteiger partial charge in [-0.3, -0.25) is 4.79 Å². The van der Waals surface area contributed by atoms with Gasteiger partial charge in [-0.25, -0.2) is 4.98 Å². The van der Waals surface area contributed by atoms with Gasteiger partial charge in [0, 0.05) is 17.7 Å². The second-order valence-corrected chi connectivity index (χ2v) is 6.72. The number of para-hydroxylation sites is 2. The average Bonchev–Trinajstić information content (AvgIpc) is 3.22. The van der Waals surface area contributed by atoms with E-state index in [0.717, 1.165) is 22.2 Å². The van der Waals surface area contributed by atoms with Gasteiger partial charge in [0.1, 0.15) is 18.7 Å². The summed E-state index contributed by atoms with van der Waals surface area (Å²) in [6.07, 6.45) is 0. The van der Waals surface area contributed by atoms with Crippen molar-refractivity contribution in [3.63, 3.8) is 0 Å². The van der Waals surface area contributed by atoms with Crippen molar-refractivity contribution in [1.82, 2.24) is 10.3 Å². The van der Waals surface area contributed by atoms with E-state index in [9.17, 15) is 4.79 Å². The van der Waals surface area contributed by atoms with Gasteiger partial charge in [-0.15, -0.1) is 0 Å². The molecule has 0 saturated heterocycles. The Bertz CT molecular complexity index is 1150. The molecule has 0 spiro atoms. The van der Waals surface area contributed by atoms with Gasteiger partial charge in [0.2, 0.25) is 5.89 Å². The highest BCUT2D eigenvalue weighted by molar-refractivity contribution is 5.94. The fourth-order valence-electron chi connectivity index (χ4n) is 3.23. The highest BCUT2D eigenvalue weighted by atomic mass is 16.6. The number of nitrogens with one attached hydrogen (secondary N) is 1. The molecule has 0 aliphatic carbocycles. The Morgan fingerprint density at radius 2 is 1.72 bits per heavy atom. The van der Waals surface area contributed by atoms with E-state index in [4.69, 9.17) is 13.9 Å². The maximum atomic E-state index is 12.5. The van der Waals surface area contributed by atoms with Crippen LogP contribution in [0.5, 0.6) is 11.5 Å². The molecule has 144 valence electrons. The molecular formula is C23H18N2O4. The Labute approximate surface area is 167 Å². The number of benzene rings is 3. The van der Waals surface area contributed by atoms with E-state index in [1.54, 1.807) is 18.2 Å². The smallest absolute Gasteiger partial charge is 0.251 e. The highest BCUT2D eigenvalue weighted by Crippen LogP contribution is 2.30. The predicted molar refractivity (Wildman–Crippen MR) is 108 cm³/mol. The number of carbonyl (C=O) groups is 1. The second kappa shape index (κ2) is 7.31. The van der Waals surface area contributed by atoms with Gasteiger partial charge in [-0.05, 0) is 48.0 Å². The number of fused-ring (bicyclic) bond motifs is 2. The van der Waals surface area contributed by atoms with Crippen molar-refractivity contribution in [3.05, 3.63) is 77.9 Å². The molecule has 0 radical (unpaired) electrons. The van der Waals surface area contributed by atoms with E-state index >= 15 is 0 Å². The van der Waals surface area contributed by atoms with Gasteiger partial charge in [0.15, 0.2) is 17.1 Å². The zero-order valence-corrected chi connectivity index (χ0v) is 15.6. The predicted octanol–water partition coefficient (Wildman–Crippen LogP) is 4.20. The maximum absolute atomic E-state index is 12.5. The summed E-state index contributed by atoms with van der Waals surface area (Å²) < 4.78 is 16.8. The van der Waals surface area contributed by atoms with Crippen LogP contribution in [-0.2, 0) is 6.54 Å². The van der Waals surface area contributed by atoms with E-state index < -0.39 is 0 Å². The molecule has 0 saturated carbocycles. The monoisotopic (exact) mass is 386 g/mol. The SMILES string of the molecule is O=C(NCc1ccc(-c2nc3ccccc3o2)cc1)c1ccc2c(c1)OCCO2. The molecule has 29 heavy (non-hydrogen) atoms. The molecule has 4 aromatic rings. The van der Waals surface area contributed by atoms with Crippen LogP contribution in [0.2, 0.25) is 0 Å². The van der Waals surface area contributed by atoms with Crippen LogP contribution >= 0.6 is 0 Å². The number of carbonyl (C=O) groups excluding carboxylic acids is 1. The van der Waals surface area contributed by atoms with E-state index in [2.05, 4.69) is 10.3 Å². The van der Waals surface area contributed by atoms with Gasteiger partial charge in [0.25, 0.3) is 5.91 Å². The molecule has 0 atom stereocenters. The minimum atomic E-state index is -0.162. The first-order valence-electron chi connectivity index (χ1n) is 9.39. The number of rotatable bonds is 4. The van der Waals surface area contributed by atoms with Crippen LogP contribution in [0.25, 0.3) is 22.6 Å². The molecule has 6 heteroatoms. The van der Waals surface area contributed by atoms with Crippen molar-refractivity contribution < 1.29 is 18.7 Å². The van der Waals surface area contributed by atoms with Crippen molar-refractivity contribution in [2.45, 2.75) is 6.54 Å². The van der Waals surface area contributed by atoms with E-state index in [1.807, 2.05) is 48.5 Å². The fraction of sp³-hybridized carbons (Fsp3) is 0.130. The van der Waals surface area contributed by atoms with Crippen molar-refractivity contribution in [2.75, 3.05) is 13.2 Å². The summed E-state index contributed by atoms with van der Waals surface area (Å²) in [7, 11) is 0. The fourth-order valence-corrected chi connectivity index (χ4v) is 3.23. The summed E-state index contributed by atoms with van der Waals surface area (Å²) in [6, 6.07) is 20.7. The van der Waals surface area contributed by atoms with Crippen LogP contribution < -0.4 is 14.8 Å². The summed E-state index contributed by atoms with van der Waals surface area (Å²) >= 11 is 0. The molecule has 3 aromatic carbocycles. The molecule has 1 aliphatic rings. The van der Waals surface area contributed by atoms with E-state index in [1.165, 1.54) is 0 Å². The van der Waals surface area contributed by atoms with E-state index in [0.29, 0.717) is 42.7 Å². The Kier molecular flexibility index (Phi) is 4.37. The molecule has 5 rings (SSSR count). The van der Waals surface area contributed by atoms with Crippen LogP contribution in [0, 0.1) is 0 Å². The Balaban J connectivity index is 1.26. The molecule has 0 bridgehead atoms. The minimum absolute atomic E-state index is 0.162. The van der Waals surface area contributed by atoms with Crippen LogP contribution in [0.1, 0.15) is 15.9 Å². The lowest BCUT2D eigenvalue weighted by molar-refractivity contribution is 0.0949. The summed E-state index contributed by atoms with van der Waals surface area (Å²) in [5, 5.41) is 2.93. The first-order chi connectivity index (χ1) is 14.3. The van der Waals surface area contributed by atoms with Crippen molar-refractivity contribution in [1.29, 1.82) is 0 Å². The molecular weight excluding hydrogens is 368 g/mol. The van der Waals surface area contributed by atoms with Crippen LogP contribution in [0.3, 0.4) is 0 Å². The number of nitrogens with zero attached hydrogens (tertiary/aromatic N) is 1. The molecule has 1 N–H and O–H groups in total. The lowest BCUT2D eigenvalue weighted by Crippen LogP contribution is -2.23.